The molecule has 0 aliphatic carbocycles. The van der Waals surface area contributed by atoms with Crippen LogP contribution >= 0.6 is 0 Å². The SMILES string of the molecule is CN(C)CCN1C(=O)c2oc3c(ccc4ccccc43)c(=O)c2C1c1cccc([N+](=O)[O-])c1. The van der Waals surface area contributed by atoms with E-state index in [9.17, 15) is 19.7 Å². The lowest BCUT2D eigenvalue weighted by atomic mass is 9.97. The van der Waals surface area contributed by atoms with E-state index in [-0.39, 0.29) is 22.4 Å². The number of nitro groups is 1. The highest BCUT2D eigenvalue weighted by molar-refractivity contribution is 6.06. The van der Waals surface area contributed by atoms with Crippen LogP contribution in [0.3, 0.4) is 0 Å². The van der Waals surface area contributed by atoms with Gasteiger partial charge in [0.15, 0.2) is 5.43 Å². The van der Waals surface area contributed by atoms with E-state index in [1.54, 1.807) is 23.1 Å². The largest absolute Gasteiger partial charge is 0.450 e. The van der Waals surface area contributed by atoms with Crippen LogP contribution < -0.4 is 5.43 Å². The van der Waals surface area contributed by atoms with Crippen LogP contribution in [-0.4, -0.2) is 47.8 Å². The molecule has 4 aromatic rings. The molecule has 1 aliphatic rings. The molecule has 2 heterocycles. The first-order valence-electron chi connectivity index (χ1n) is 10.6. The molecule has 1 unspecified atom stereocenters. The highest BCUT2D eigenvalue weighted by Crippen LogP contribution is 2.39. The van der Waals surface area contributed by atoms with E-state index in [2.05, 4.69) is 0 Å². The number of nitrogens with zero attached hydrogens (tertiary/aromatic N) is 3. The van der Waals surface area contributed by atoms with Gasteiger partial charge in [0, 0.05) is 30.6 Å². The number of fused-ring (bicyclic) bond motifs is 4. The van der Waals surface area contributed by atoms with Crippen molar-refractivity contribution in [2.75, 3.05) is 27.2 Å². The summed E-state index contributed by atoms with van der Waals surface area (Å²) in [5, 5.41) is 13.4. The number of rotatable bonds is 5. The van der Waals surface area contributed by atoms with Gasteiger partial charge >= 0.3 is 0 Å². The fourth-order valence-corrected chi connectivity index (χ4v) is 4.44. The van der Waals surface area contributed by atoms with Crippen molar-refractivity contribution in [1.82, 2.24) is 9.80 Å². The van der Waals surface area contributed by atoms with Crippen LogP contribution in [0.1, 0.15) is 27.7 Å². The van der Waals surface area contributed by atoms with E-state index in [0.29, 0.717) is 29.6 Å². The standard InChI is InChI=1S/C25H21N3O5/c1-26(2)12-13-27-21(16-7-5-8-17(14-16)28(31)32)20-22(29)19-11-10-15-6-3-4-9-18(15)23(19)33-24(20)25(27)30/h3-11,14,21H,12-13H2,1-2H3. The summed E-state index contributed by atoms with van der Waals surface area (Å²) in [5.74, 6) is -0.394. The summed E-state index contributed by atoms with van der Waals surface area (Å²) in [6.07, 6.45) is 0. The van der Waals surface area contributed by atoms with E-state index in [1.807, 2.05) is 49.3 Å². The third kappa shape index (κ3) is 3.35. The monoisotopic (exact) mass is 443 g/mol. The van der Waals surface area contributed by atoms with Crippen LogP contribution in [0.2, 0.25) is 0 Å². The summed E-state index contributed by atoms with van der Waals surface area (Å²) in [7, 11) is 3.78. The van der Waals surface area contributed by atoms with Crippen molar-refractivity contribution >= 4 is 33.3 Å². The third-order valence-electron chi connectivity index (χ3n) is 6.04. The van der Waals surface area contributed by atoms with Crippen molar-refractivity contribution < 1.29 is 14.1 Å². The van der Waals surface area contributed by atoms with E-state index in [1.165, 1.54) is 12.1 Å². The van der Waals surface area contributed by atoms with E-state index >= 15 is 0 Å². The Morgan fingerprint density at radius 1 is 1.03 bits per heavy atom. The van der Waals surface area contributed by atoms with Crippen LogP contribution in [-0.2, 0) is 0 Å². The van der Waals surface area contributed by atoms with Crippen molar-refractivity contribution in [3.05, 3.63) is 97.9 Å². The number of non-ortho nitro benzene ring substituents is 1. The molecule has 0 saturated carbocycles. The van der Waals surface area contributed by atoms with Crippen LogP contribution in [0.5, 0.6) is 0 Å². The van der Waals surface area contributed by atoms with E-state index < -0.39 is 16.9 Å². The average molecular weight is 443 g/mol. The minimum absolute atomic E-state index is 0.000819. The van der Waals surface area contributed by atoms with E-state index in [0.717, 1.165) is 10.8 Å². The fourth-order valence-electron chi connectivity index (χ4n) is 4.44. The molecule has 0 spiro atoms. The second-order valence-electron chi connectivity index (χ2n) is 8.39. The van der Waals surface area contributed by atoms with Crippen molar-refractivity contribution in [2.24, 2.45) is 0 Å². The summed E-state index contributed by atoms with van der Waals surface area (Å²) in [6.45, 7) is 0.891. The zero-order chi connectivity index (χ0) is 23.3. The normalized spacial score (nSPS) is 15.5. The molecule has 8 nitrogen and oxygen atoms in total. The molecule has 0 N–H and O–H groups in total. The Bertz CT molecular complexity index is 1490. The molecule has 1 aromatic heterocycles. The Hall–Kier alpha value is -4.04. The van der Waals surface area contributed by atoms with Crippen LogP contribution in [0.15, 0.2) is 69.9 Å². The quantitative estimate of drug-likeness (QED) is 0.263. The molecule has 0 bridgehead atoms. The van der Waals surface area contributed by atoms with Gasteiger partial charge in [-0.05, 0) is 31.1 Å². The van der Waals surface area contributed by atoms with Gasteiger partial charge in [-0.3, -0.25) is 19.7 Å². The summed E-state index contributed by atoms with van der Waals surface area (Å²) < 4.78 is 6.14. The number of hydrogen-bond donors (Lipinski definition) is 0. The predicted molar refractivity (Wildman–Crippen MR) is 125 cm³/mol. The zero-order valence-corrected chi connectivity index (χ0v) is 18.1. The molecule has 0 radical (unpaired) electrons. The van der Waals surface area contributed by atoms with Gasteiger partial charge in [0.25, 0.3) is 11.6 Å². The number of benzene rings is 3. The second kappa shape index (κ2) is 7.83. The lowest BCUT2D eigenvalue weighted by molar-refractivity contribution is -0.384. The minimum atomic E-state index is -0.764. The first-order chi connectivity index (χ1) is 15.9. The van der Waals surface area contributed by atoms with Crippen molar-refractivity contribution in [1.29, 1.82) is 0 Å². The summed E-state index contributed by atoms with van der Waals surface area (Å²) in [4.78, 5) is 41.6. The van der Waals surface area contributed by atoms with Gasteiger partial charge in [0.05, 0.1) is 21.9 Å². The smallest absolute Gasteiger partial charge is 0.290 e. The molecule has 166 valence electrons. The second-order valence-corrected chi connectivity index (χ2v) is 8.39. The van der Waals surface area contributed by atoms with Crippen molar-refractivity contribution in [3.8, 4) is 0 Å². The first-order valence-corrected chi connectivity index (χ1v) is 10.6. The number of amides is 1. The van der Waals surface area contributed by atoms with Gasteiger partial charge in [-0.1, -0.05) is 42.5 Å². The Morgan fingerprint density at radius 2 is 1.82 bits per heavy atom. The molecule has 8 heteroatoms. The van der Waals surface area contributed by atoms with Gasteiger partial charge in [-0.2, -0.15) is 0 Å². The molecular weight excluding hydrogens is 422 g/mol. The lowest BCUT2D eigenvalue weighted by Gasteiger charge is -2.26. The lowest BCUT2D eigenvalue weighted by Crippen LogP contribution is -2.35. The summed E-state index contributed by atoms with van der Waals surface area (Å²) >= 11 is 0. The van der Waals surface area contributed by atoms with Crippen LogP contribution in [0, 0.1) is 10.1 Å². The van der Waals surface area contributed by atoms with Crippen molar-refractivity contribution in [3.63, 3.8) is 0 Å². The molecule has 0 saturated heterocycles. The average Bonchev–Trinajstić information content (AvgIpc) is 3.09. The molecule has 1 amide bonds. The Kier molecular flexibility index (Phi) is 4.94. The summed E-state index contributed by atoms with van der Waals surface area (Å²) in [5.41, 5.74) is 0.702. The van der Waals surface area contributed by atoms with Gasteiger partial charge in [-0.15, -0.1) is 0 Å². The molecule has 1 atom stereocenters. The predicted octanol–water partition coefficient (Wildman–Crippen LogP) is 3.96. The maximum atomic E-state index is 13.7. The number of carbonyl (C=O) groups excluding carboxylic acids is 1. The Balaban J connectivity index is 1.78. The maximum absolute atomic E-state index is 13.7. The number of likely N-dealkylation sites (N-methyl/N-ethyl adjacent to an activating group) is 1. The summed E-state index contributed by atoms with van der Waals surface area (Å²) in [6, 6.07) is 16.4. The van der Waals surface area contributed by atoms with Crippen LogP contribution in [0.25, 0.3) is 21.7 Å². The maximum Gasteiger partial charge on any atom is 0.290 e. The number of carbonyl (C=O) groups is 1. The van der Waals surface area contributed by atoms with E-state index in [4.69, 9.17) is 4.42 Å². The van der Waals surface area contributed by atoms with Gasteiger partial charge in [0.1, 0.15) is 5.58 Å². The van der Waals surface area contributed by atoms with Gasteiger partial charge in [-0.25, -0.2) is 0 Å². The van der Waals surface area contributed by atoms with Crippen molar-refractivity contribution in [2.45, 2.75) is 6.04 Å². The molecule has 1 aliphatic heterocycles. The van der Waals surface area contributed by atoms with Gasteiger partial charge < -0.3 is 14.2 Å². The molecule has 5 rings (SSSR count). The van der Waals surface area contributed by atoms with Crippen LogP contribution in [0.4, 0.5) is 5.69 Å². The third-order valence-corrected chi connectivity index (χ3v) is 6.04. The first kappa shape index (κ1) is 20.8. The zero-order valence-electron chi connectivity index (χ0n) is 18.1. The fraction of sp³-hybridized carbons (Fsp3) is 0.200. The van der Waals surface area contributed by atoms with Gasteiger partial charge in [0.2, 0.25) is 5.76 Å². The Labute approximate surface area is 188 Å². The number of hydrogen-bond acceptors (Lipinski definition) is 6. The molecular formula is C25H21N3O5. The molecule has 0 fully saturated rings. The highest BCUT2D eigenvalue weighted by Gasteiger charge is 2.43. The molecule has 33 heavy (non-hydrogen) atoms. The topological polar surface area (TPSA) is 96.9 Å². The highest BCUT2D eigenvalue weighted by atomic mass is 16.6. The minimum Gasteiger partial charge on any atom is -0.450 e. The molecule has 3 aromatic carbocycles. The number of nitro benzene ring substituents is 1. The Morgan fingerprint density at radius 3 is 2.58 bits per heavy atom.